The first-order valence-corrected chi connectivity index (χ1v) is 8.14. The highest BCUT2D eigenvalue weighted by Gasteiger charge is 2.24. The highest BCUT2D eigenvalue weighted by molar-refractivity contribution is 7.89. The molecule has 0 aliphatic heterocycles. The molecule has 21 heavy (non-hydrogen) atoms. The van der Waals surface area contributed by atoms with E-state index in [0.717, 1.165) is 6.54 Å². The predicted octanol–water partition coefficient (Wildman–Crippen LogP) is 1.73. The van der Waals surface area contributed by atoms with Gasteiger partial charge in [-0.1, -0.05) is 6.92 Å². The molecule has 1 atom stereocenters. The van der Waals surface area contributed by atoms with Gasteiger partial charge in [0.25, 0.3) is 10.0 Å². The Hall–Kier alpha value is -1.64. The van der Waals surface area contributed by atoms with Gasteiger partial charge in [0.15, 0.2) is 0 Å². The molecule has 8 heteroatoms. The highest BCUT2D eigenvalue weighted by atomic mass is 32.2. The third-order valence-corrected chi connectivity index (χ3v) is 4.21. The molecule has 0 saturated carbocycles. The Kier molecular flexibility index (Phi) is 4.81. The molecule has 0 radical (unpaired) electrons. The highest BCUT2D eigenvalue weighted by Crippen LogP contribution is 2.18. The predicted molar refractivity (Wildman–Crippen MR) is 76.1 cm³/mol. The van der Waals surface area contributed by atoms with Gasteiger partial charge < -0.3 is 14.2 Å². The number of rotatable bonds is 7. The number of nitrogens with zero attached hydrogens (tertiary/aromatic N) is 1. The van der Waals surface area contributed by atoms with E-state index in [4.69, 9.17) is 8.83 Å². The van der Waals surface area contributed by atoms with Crippen molar-refractivity contribution in [2.75, 3.05) is 6.54 Å². The van der Waals surface area contributed by atoms with Crippen LogP contribution in [0.1, 0.15) is 37.3 Å². The molecule has 2 heterocycles. The second-order valence-electron chi connectivity index (χ2n) is 4.65. The maximum absolute atomic E-state index is 12.2. The number of nitrogens with one attached hydrogen (secondary N) is 2. The van der Waals surface area contributed by atoms with Gasteiger partial charge in [-0.3, -0.25) is 0 Å². The van der Waals surface area contributed by atoms with Crippen molar-refractivity contribution in [3.05, 3.63) is 35.7 Å². The molecule has 2 rings (SSSR count). The lowest BCUT2D eigenvalue weighted by Crippen LogP contribution is -2.26. The fraction of sp³-hybridized carbons (Fsp3) is 0.462. The van der Waals surface area contributed by atoms with Crippen molar-refractivity contribution < 1.29 is 17.3 Å². The van der Waals surface area contributed by atoms with Crippen molar-refractivity contribution in [3.63, 3.8) is 0 Å². The van der Waals surface area contributed by atoms with E-state index in [9.17, 15) is 8.42 Å². The van der Waals surface area contributed by atoms with Crippen molar-refractivity contribution in [2.45, 2.75) is 38.5 Å². The van der Waals surface area contributed by atoms with Crippen molar-refractivity contribution >= 4 is 10.0 Å². The van der Waals surface area contributed by atoms with Gasteiger partial charge >= 0.3 is 0 Å². The summed E-state index contributed by atoms with van der Waals surface area (Å²) in [6.45, 7) is 6.63. The second-order valence-corrected chi connectivity index (χ2v) is 6.30. The van der Waals surface area contributed by atoms with E-state index < -0.39 is 16.1 Å². The maximum atomic E-state index is 12.2. The Bertz CT molecular complexity index is 690. The molecule has 7 nitrogen and oxygen atoms in total. The molecule has 1 unspecified atom stereocenters. The molecule has 0 fully saturated rings. The van der Waals surface area contributed by atoms with Crippen LogP contribution in [-0.2, 0) is 16.6 Å². The summed E-state index contributed by atoms with van der Waals surface area (Å²) in [6.07, 6.45) is 1.54. The molecule has 116 valence electrons. The summed E-state index contributed by atoms with van der Waals surface area (Å²) in [7, 11) is -3.75. The molecule has 2 aromatic heterocycles. The number of oxazole rings is 1. The summed E-state index contributed by atoms with van der Waals surface area (Å²) in [4.78, 5) is 4.01. The molecule has 0 aromatic carbocycles. The quantitative estimate of drug-likeness (QED) is 0.808. The third-order valence-electron chi connectivity index (χ3n) is 2.79. The van der Waals surface area contributed by atoms with Crippen LogP contribution >= 0.6 is 0 Å². The zero-order valence-electron chi connectivity index (χ0n) is 12.2. The first kappa shape index (κ1) is 15.7. The number of aromatic nitrogens is 1. The van der Waals surface area contributed by atoms with Crippen LogP contribution in [-0.4, -0.2) is 19.9 Å². The lowest BCUT2D eigenvalue weighted by atomic mass is 10.4. The molecular weight excluding hydrogens is 294 g/mol. The fourth-order valence-electron chi connectivity index (χ4n) is 1.76. The molecule has 0 spiro atoms. The lowest BCUT2D eigenvalue weighted by Gasteiger charge is -2.09. The van der Waals surface area contributed by atoms with Crippen LogP contribution in [0, 0.1) is 6.92 Å². The first-order valence-electron chi connectivity index (χ1n) is 6.66. The van der Waals surface area contributed by atoms with Crippen LogP contribution in [0.15, 0.2) is 32.3 Å². The van der Waals surface area contributed by atoms with Crippen LogP contribution in [0.3, 0.4) is 0 Å². The van der Waals surface area contributed by atoms with E-state index in [2.05, 4.69) is 15.0 Å². The first-order chi connectivity index (χ1) is 9.92. The van der Waals surface area contributed by atoms with E-state index in [-0.39, 0.29) is 5.09 Å². The summed E-state index contributed by atoms with van der Waals surface area (Å²) in [6, 6.07) is 2.49. The average molecular weight is 313 g/mol. The summed E-state index contributed by atoms with van der Waals surface area (Å²) in [5, 5.41) is 2.94. The van der Waals surface area contributed by atoms with E-state index in [0.29, 0.717) is 24.0 Å². The lowest BCUT2D eigenvalue weighted by molar-refractivity contribution is 0.393. The smallest absolute Gasteiger partial charge is 0.274 e. The minimum absolute atomic E-state index is 0.120. The summed E-state index contributed by atoms with van der Waals surface area (Å²) >= 11 is 0. The van der Waals surface area contributed by atoms with Crippen LogP contribution in [0.4, 0.5) is 0 Å². The van der Waals surface area contributed by atoms with Gasteiger partial charge in [0.2, 0.25) is 11.0 Å². The number of sulfonamides is 1. The summed E-state index contributed by atoms with van der Waals surface area (Å²) in [5.41, 5.74) is 0. The Labute approximate surface area is 123 Å². The van der Waals surface area contributed by atoms with Gasteiger partial charge in [-0.25, -0.2) is 13.4 Å². The largest absolute Gasteiger partial charge is 0.447 e. The van der Waals surface area contributed by atoms with Gasteiger partial charge in [-0.2, -0.15) is 4.72 Å². The molecule has 0 amide bonds. The van der Waals surface area contributed by atoms with Gasteiger partial charge in [-0.05, 0) is 32.5 Å². The van der Waals surface area contributed by atoms with E-state index in [1.165, 1.54) is 6.07 Å². The van der Waals surface area contributed by atoms with Gasteiger partial charge in [-0.15, -0.1) is 0 Å². The van der Waals surface area contributed by atoms with Crippen LogP contribution in [0.25, 0.3) is 0 Å². The zero-order valence-corrected chi connectivity index (χ0v) is 13.0. The molecule has 0 saturated heterocycles. The normalized spacial score (nSPS) is 13.5. The van der Waals surface area contributed by atoms with Gasteiger partial charge in [0.05, 0.1) is 18.8 Å². The fourth-order valence-corrected chi connectivity index (χ4v) is 2.91. The average Bonchev–Trinajstić information content (AvgIpc) is 3.05. The Morgan fingerprint density at radius 3 is 2.71 bits per heavy atom. The Morgan fingerprint density at radius 2 is 2.10 bits per heavy atom. The summed E-state index contributed by atoms with van der Waals surface area (Å²) in [5.74, 6) is 1.51. The van der Waals surface area contributed by atoms with Crippen molar-refractivity contribution in [1.29, 1.82) is 0 Å². The van der Waals surface area contributed by atoms with Crippen molar-refractivity contribution in [2.24, 2.45) is 0 Å². The van der Waals surface area contributed by atoms with Crippen molar-refractivity contribution in [3.8, 4) is 0 Å². The zero-order chi connectivity index (χ0) is 15.5. The summed E-state index contributed by atoms with van der Waals surface area (Å²) < 4.78 is 37.5. The third kappa shape index (κ3) is 3.93. The Balaban J connectivity index is 2.09. The van der Waals surface area contributed by atoms with Gasteiger partial charge in [0.1, 0.15) is 11.5 Å². The maximum Gasteiger partial charge on any atom is 0.274 e. The minimum Gasteiger partial charge on any atom is -0.447 e. The Morgan fingerprint density at radius 1 is 1.33 bits per heavy atom. The van der Waals surface area contributed by atoms with Crippen LogP contribution in [0.2, 0.25) is 0 Å². The van der Waals surface area contributed by atoms with Crippen molar-refractivity contribution in [1.82, 2.24) is 15.0 Å². The molecule has 0 aliphatic carbocycles. The molecule has 2 N–H and O–H groups in total. The van der Waals surface area contributed by atoms with Crippen LogP contribution in [0.5, 0.6) is 0 Å². The minimum atomic E-state index is -3.75. The topological polar surface area (TPSA) is 97.4 Å². The number of hydrogen-bond donors (Lipinski definition) is 2. The molecule has 0 bridgehead atoms. The number of hydrogen-bond acceptors (Lipinski definition) is 6. The second kappa shape index (κ2) is 6.42. The molecular formula is C13H19N3O4S. The standard InChI is InChI=1S/C13H19N3O4S/c1-4-14-8-11-5-6-12(20-11)21(17,18)16-10(3)13-15-7-9(2)19-13/h5-7,10,14,16H,4,8H2,1-3H3. The van der Waals surface area contributed by atoms with E-state index in [1.54, 1.807) is 26.1 Å². The molecule has 2 aromatic rings. The molecule has 0 aliphatic rings. The monoisotopic (exact) mass is 313 g/mol. The van der Waals surface area contributed by atoms with Crippen LogP contribution < -0.4 is 10.0 Å². The number of furan rings is 1. The van der Waals surface area contributed by atoms with E-state index >= 15 is 0 Å². The number of aryl methyl sites for hydroxylation is 1. The van der Waals surface area contributed by atoms with E-state index in [1.807, 2.05) is 6.92 Å². The SMILES string of the molecule is CCNCc1ccc(S(=O)(=O)NC(C)c2ncc(C)o2)o1. The van der Waals surface area contributed by atoms with Gasteiger partial charge in [0, 0.05) is 0 Å².